The Bertz CT molecular complexity index is 1140. The third kappa shape index (κ3) is 5.35. The van der Waals surface area contributed by atoms with Gasteiger partial charge in [0.2, 0.25) is 0 Å². The van der Waals surface area contributed by atoms with Gasteiger partial charge in [0, 0.05) is 50.7 Å². The molecule has 8 nitrogen and oxygen atoms in total. The molecule has 3 aromatic rings. The van der Waals surface area contributed by atoms with E-state index in [1.54, 1.807) is 21.3 Å². The summed E-state index contributed by atoms with van der Waals surface area (Å²) >= 11 is 0. The standard InChI is InChI=1S/C25H29N5O3/c1-31-14-8-12-26-23-11-6-7-13-30(23)25-24(28-21-9-4-5-10-22(21)29-25)27-18-15-19(32-2)17-20(16-18)33-3/h4-7,9-11,15-17,26H,8,12-14H2,1-3H3,(H,27,28). The van der Waals surface area contributed by atoms with Gasteiger partial charge in [0.15, 0.2) is 11.6 Å². The summed E-state index contributed by atoms with van der Waals surface area (Å²) in [7, 11) is 4.98. The van der Waals surface area contributed by atoms with Gasteiger partial charge in [-0.25, -0.2) is 9.97 Å². The maximum Gasteiger partial charge on any atom is 0.178 e. The van der Waals surface area contributed by atoms with Gasteiger partial charge in [-0.1, -0.05) is 24.3 Å². The smallest absolute Gasteiger partial charge is 0.178 e. The van der Waals surface area contributed by atoms with Crippen LogP contribution in [0.5, 0.6) is 11.5 Å². The summed E-state index contributed by atoms with van der Waals surface area (Å²) in [6.45, 7) is 2.17. The molecule has 33 heavy (non-hydrogen) atoms. The molecular weight excluding hydrogens is 418 g/mol. The van der Waals surface area contributed by atoms with Crippen molar-refractivity contribution in [3.63, 3.8) is 0 Å². The molecule has 2 aromatic carbocycles. The van der Waals surface area contributed by atoms with Crippen LogP contribution in [0, 0.1) is 0 Å². The number of nitrogens with one attached hydrogen (secondary N) is 2. The van der Waals surface area contributed by atoms with Crippen LogP contribution < -0.4 is 25.0 Å². The third-order valence-electron chi connectivity index (χ3n) is 5.22. The number of rotatable bonds is 10. The number of fused-ring (bicyclic) bond motifs is 1. The normalized spacial score (nSPS) is 13.1. The predicted octanol–water partition coefficient (Wildman–Crippen LogP) is 4.23. The number of benzene rings is 2. The predicted molar refractivity (Wildman–Crippen MR) is 131 cm³/mol. The van der Waals surface area contributed by atoms with Crippen LogP contribution in [0.15, 0.2) is 66.5 Å². The zero-order valence-electron chi connectivity index (χ0n) is 19.2. The average molecular weight is 448 g/mol. The first-order chi connectivity index (χ1) is 16.2. The lowest BCUT2D eigenvalue weighted by atomic mass is 10.2. The molecule has 1 aliphatic heterocycles. The van der Waals surface area contributed by atoms with Crippen molar-refractivity contribution in [3.8, 4) is 11.5 Å². The molecule has 0 amide bonds. The van der Waals surface area contributed by atoms with Crippen molar-refractivity contribution in [3.05, 3.63) is 66.5 Å². The van der Waals surface area contributed by atoms with Crippen LogP contribution in [0.1, 0.15) is 6.42 Å². The molecule has 0 bridgehead atoms. The molecule has 0 saturated carbocycles. The lowest BCUT2D eigenvalue weighted by Crippen LogP contribution is -2.35. The number of hydrogen-bond acceptors (Lipinski definition) is 8. The van der Waals surface area contributed by atoms with Crippen molar-refractivity contribution in [2.45, 2.75) is 6.42 Å². The first kappa shape index (κ1) is 22.4. The highest BCUT2D eigenvalue weighted by Gasteiger charge is 2.20. The van der Waals surface area contributed by atoms with Crippen LogP contribution in [-0.4, -0.2) is 51.0 Å². The molecule has 0 fully saturated rings. The second-order valence-electron chi connectivity index (χ2n) is 7.47. The Hall–Kier alpha value is -3.78. The van der Waals surface area contributed by atoms with Gasteiger partial charge in [0.1, 0.15) is 17.3 Å². The van der Waals surface area contributed by atoms with Crippen LogP contribution >= 0.6 is 0 Å². The van der Waals surface area contributed by atoms with Gasteiger partial charge in [-0.15, -0.1) is 0 Å². The number of aromatic nitrogens is 2. The highest BCUT2D eigenvalue weighted by Crippen LogP contribution is 2.33. The molecular formula is C25H29N5O3. The highest BCUT2D eigenvalue weighted by molar-refractivity contribution is 5.83. The van der Waals surface area contributed by atoms with Crippen LogP contribution in [-0.2, 0) is 4.74 Å². The number of anilines is 3. The topological polar surface area (TPSA) is 80.8 Å². The molecule has 2 N–H and O–H groups in total. The van der Waals surface area contributed by atoms with E-state index in [9.17, 15) is 0 Å². The summed E-state index contributed by atoms with van der Waals surface area (Å²) in [5.74, 6) is 3.71. The average Bonchev–Trinajstić information content (AvgIpc) is 2.86. The van der Waals surface area contributed by atoms with Gasteiger partial charge in [0.05, 0.1) is 25.3 Å². The Balaban J connectivity index is 1.72. The van der Waals surface area contributed by atoms with Gasteiger partial charge in [-0.3, -0.25) is 0 Å². The fourth-order valence-corrected chi connectivity index (χ4v) is 3.58. The molecule has 0 radical (unpaired) electrons. The molecule has 1 aromatic heterocycles. The first-order valence-electron chi connectivity index (χ1n) is 10.9. The van der Waals surface area contributed by atoms with E-state index in [0.29, 0.717) is 30.5 Å². The molecule has 172 valence electrons. The molecule has 1 aliphatic rings. The molecule has 2 heterocycles. The van der Waals surface area contributed by atoms with Crippen LogP contribution in [0.25, 0.3) is 11.0 Å². The van der Waals surface area contributed by atoms with E-state index in [-0.39, 0.29) is 0 Å². The van der Waals surface area contributed by atoms with E-state index in [1.807, 2.05) is 54.6 Å². The van der Waals surface area contributed by atoms with Gasteiger partial charge in [-0.05, 0) is 24.6 Å². The van der Waals surface area contributed by atoms with Crippen molar-refractivity contribution in [2.75, 3.05) is 51.2 Å². The fourth-order valence-electron chi connectivity index (χ4n) is 3.58. The van der Waals surface area contributed by atoms with E-state index in [1.165, 1.54) is 0 Å². The Kier molecular flexibility index (Phi) is 7.26. The minimum Gasteiger partial charge on any atom is -0.497 e. The van der Waals surface area contributed by atoms with Crippen molar-refractivity contribution in [2.24, 2.45) is 0 Å². The monoisotopic (exact) mass is 447 g/mol. The Labute approximate surface area is 193 Å². The highest BCUT2D eigenvalue weighted by atomic mass is 16.5. The summed E-state index contributed by atoms with van der Waals surface area (Å²) in [6.07, 6.45) is 7.09. The first-order valence-corrected chi connectivity index (χ1v) is 10.9. The number of nitrogens with zero attached hydrogens (tertiary/aromatic N) is 3. The summed E-state index contributed by atoms with van der Waals surface area (Å²) in [5, 5.41) is 6.93. The molecule has 4 rings (SSSR count). The van der Waals surface area contributed by atoms with Gasteiger partial charge in [0.25, 0.3) is 0 Å². The molecule has 0 spiro atoms. The number of methoxy groups -OCH3 is 3. The number of allylic oxidation sites excluding steroid dienone is 2. The van der Waals surface area contributed by atoms with E-state index in [4.69, 9.17) is 24.2 Å². The molecule has 0 atom stereocenters. The molecule has 0 unspecified atom stereocenters. The van der Waals surface area contributed by atoms with Gasteiger partial charge < -0.3 is 29.7 Å². The minimum absolute atomic E-state index is 0.642. The van der Waals surface area contributed by atoms with E-state index < -0.39 is 0 Å². The second kappa shape index (κ2) is 10.7. The maximum atomic E-state index is 5.43. The SMILES string of the molecule is COCCCNC1=CC=CCN1c1nc2ccccc2nc1Nc1cc(OC)cc(OC)c1. The van der Waals surface area contributed by atoms with Crippen molar-refractivity contribution in [1.29, 1.82) is 0 Å². The fraction of sp³-hybridized carbons (Fsp3) is 0.280. The Morgan fingerprint density at radius 1 is 0.970 bits per heavy atom. The molecule has 0 saturated heterocycles. The number of para-hydroxylation sites is 2. The summed E-state index contributed by atoms with van der Waals surface area (Å²) in [4.78, 5) is 12.0. The summed E-state index contributed by atoms with van der Waals surface area (Å²) in [5.41, 5.74) is 2.43. The second-order valence-corrected chi connectivity index (χ2v) is 7.47. The lowest BCUT2D eigenvalue weighted by Gasteiger charge is -2.29. The van der Waals surface area contributed by atoms with E-state index in [2.05, 4.69) is 21.6 Å². The Morgan fingerprint density at radius 3 is 2.39 bits per heavy atom. The van der Waals surface area contributed by atoms with Gasteiger partial charge >= 0.3 is 0 Å². The van der Waals surface area contributed by atoms with Crippen LogP contribution in [0.3, 0.4) is 0 Å². The Morgan fingerprint density at radius 2 is 1.70 bits per heavy atom. The van der Waals surface area contributed by atoms with Crippen molar-refractivity contribution >= 4 is 28.4 Å². The lowest BCUT2D eigenvalue weighted by molar-refractivity contribution is 0.195. The van der Waals surface area contributed by atoms with Crippen LogP contribution in [0.4, 0.5) is 17.3 Å². The molecule has 8 heteroatoms. The van der Waals surface area contributed by atoms with Crippen molar-refractivity contribution in [1.82, 2.24) is 15.3 Å². The summed E-state index contributed by atoms with van der Waals surface area (Å²) < 4.78 is 16.0. The maximum absolute atomic E-state index is 5.43. The molecule has 0 aliphatic carbocycles. The number of ether oxygens (including phenoxy) is 3. The van der Waals surface area contributed by atoms with E-state index in [0.717, 1.165) is 41.3 Å². The van der Waals surface area contributed by atoms with E-state index >= 15 is 0 Å². The van der Waals surface area contributed by atoms with Crippen molar-refractivity contribution < 1.29 is 14.2 Å². The quantitative estimate of drug-likeness (QED) is 0.447. The van der Waals surface area contributed by atoms with Gasteiger partial charge in [-0.2, -0.15) is 0 Å². The third-order valence-corrected chi connectivity index (χ3v) is 5.22. The summed E-state index contributed by atoms with van der Waals surface area (Å²) in [6, 6.07) is 13.5. The zero-order valence-corrected chi connectivity index (χ0v) is 19.2. The number of hydrogen-bond donors (Lipinski definition) is 2. The zero-order chi connectivity index (χ0) is 23.0. The minimum atomic E-state index is 0.642. The van der Waals surface area contributed by atoms with Crippen LogP contribution in [0.2, 0.25) is 0 Å². The largest absolute Gasteiger partial charge is 0.497 e.